The monoisotopic (exact) mass is 329 g/mol. The number of anilines is 1. The molecule has 0 aromatic heterocycles. The number of hydrazone groups is 1. The third-order valence-electron chi connectivity index (χ3n) is 3.41. The number of hydrogen-bond donors (Lipinski definition) is 4. The first-order valence-corrected chi connectivity index (χ1v) is 7.70. The second kappa shape index (κ2) is 9.97. The van der Waals surface area contributed by atoms with Gasteiger partial charge in [-0.15, -0.1) is 0 Å². The molecule has 0 spiro atoms. The second-order valence-corrected chi connectivity index (χ2v) is 4.96. The lowest BCUT2D eigenvalue weighted by Gasteiger charge is -2.17. The summed E-state index contributed by atoms with van der Waals surface area (Å²) in [5.41, 5.74) is 8.74. The van der Waals surface area contributed by atoms with Crippen LogP contribution < -0.4 is 16.5 Å². The molecule has 8 heteroatoms. The molecule has 0 unspecified atom stereocenters. The minimum Gasteiger partial charge on any atom is -0.382 e. The van der Waals surface area contributed by atoms with Gasteiger partial charge in [0.15, 0.2) is 5.84 Å². The Morgan fingerprint density at radius 3 is 2.46 bits per heavy atom. The number of benzene rings is 1. The van der Waals surface area contributed by atoms with Crippen LogP contribution in [-0.4, -0.2) is 48.5 Å². The van der Waals surface area contributed by atoms with Gasteiger partial charge in [-0.3, -0.25) is 15.6 Å². The van der Waals surface area contributed by atoms with E-state index in [1.165, 1.54) is 0 Å². The molecular formula is C16H23N7O. The third kappa shape index (κ3) is 6.06. The molecule has 5 N–H and O–H groups in total. The molecule has 1 rings (SSSR count). The molecule has 0 heterocycles. The SMILES string of the molecule is CCN(CC)CCNC(=O)c1ccc(N/N=C(\C#N)C(=N)N)cc1. The Kier molecular flexibility index (Phi) is 7.94. The lowest BCUT2D eigenvalue weighted by Crippen LogP contribution is -2.34. The van der Waals surface area contributed by atoms with Crippen molar-refractivity contribution in [3.05, 3.63) is 29.8 Å². The molecule has 0 aliphatic carbocycles. The van der Waals surface area contributed by atoms with E-state index in [-0.39, 0.29) is 11.6 Å². The summed E-state index contributed by atoms with van der Waals surface area (Å²) in [5, 5.41) is 22.5. The van der Waals surface area contributed by atoms with Crippen LogP contribution in [0.25, 0.3) is 0 Å². The quantitative estimate of drug-likeness (QED) is 0.305. The summed E-state index contributed by atoms with van der Waals surface area (Å²) in [6.45, 7) is 7.49. The number of amides is 1. The number of carbonyl (C=O) groups is 1. The van der Waals surface area contributed by atoms with Crippen molar-refractivity contribution in [3.8, 4) is 6.07 Å². The Morgan fingerprint density at radius 1 is 1.33 bits per heavy atom. The number of rotatable bonds is 9. The Balaban J connectivity index is 2.56. The van der Waals surface area contributed by atoms with Crippen molar-refractivity contribution in [2.24, 2.45) is 10.8 Å². The van der Waals surface area contributed by atoms with Gasteiger partial charge in [0.1, 0.15) is 6.07 Å². The van der Waals surface area contributed by atoms with Gasteiger partial charge in [0.2, 0.25) is 5.71 Å². The van der Waals surface area contributed by atoms with Crippen LogP contribution in [0.4, 0.5) is 5.69 Å². The lowest BCUT2D eigenvalue weighted by molar-refractivity contribution is 0.0949. The van der Waals surface area contributed by atoms with Crippen LogP contribution in [0.5, 0.6) is 0 Å². The van der Waals surface area contributed by atoms with Gasteiger partial charge in [0, 0.05) is 18.7 Å². The maximum atomic E-state index is 12.1. The zero-order valence-electron chi connectivity index (χ0n) is 14.0. The van der Waals surface area contributed by atoms with Crippen molar-refractivity contribution < 1.29 is 4.79 Å². The molecule has 0 radical (unpaired) electrons. The summed E-state index contributed by atoms with van der Waals surface area (Å²) in [6.07, 6.45) is 0. The summed E-state index contributed by atoms with van der Waals surface area (Å²) in [7, 11) is 0. The molecule has 1 aromatic rings. The Bertz CT molecular complexity index is 627. The van der Waals surface area contributed by atoms with Gasteiger partial charge in [0.05, 0.1) is 5.69 Å². The van der Waals surface area contributed by atoms with Crippen LogP contribution in [0, 0.1) is 16.7 Å². The number of nitrogens with two attached hydrogens (primary N) is 1. The fourth-order valence-electron chi connectivity index (χ4n) is 1.93. The standard InChI is InChI=1S/C16H23N7O/c1-3-23(4-2)10-9-20-16(24)12-5-7-13(8-6-12)21-22-14(11-17)15(18)19/h5-8,21H,3-4,9-10H2,1-2H3,(H3,18,19)(H,20,24)/b22-14+. The highest BCUT2D eigenvalue weighted by molar-refractivity contribution is 6.45. The minimum absolute atomic E-state index is 0.140. The molecule has 1 aromatic carbocycles. The highest BCUT2D eigenvalue weighted by Gasteiger charge is 2.06. The molecule has 0 aliphatic heterocycles. The fourth-order valence-corrected chi connectivity index (χ4v) is 1.93. The van der Waals surface area contributed by atoms with Crippen LogP contribution in [0.15, 0.2) is 29.4 Å². The Hall–Kier alpha value is -2.92. The maximum Gasteiger partial charge on any atom is 0.251 e. The van der Waals surface area contributed by atoms with E-state index in [9.17, 15) is 4.79 Å². The summed E-state index contributed by atoms with van der Waals surface area (Å²) in [4.78, 5) is 14.3. The van der Waals surface area contributed by atoms with Crippen LogP contribution in [0.2, 0.25) is 0 Å². The largest absolute Gasteiger partial charge is 0.382 e. The first kappa shape index (κ1) is 19.1. The number of nitriles is 1. The average Bonchev–Trinajstić information content (AvgIpc) is 2.59. The van der Waals surface area contributed by atoms with Crippen molar-refractivity contribution in [3.63, 3.8) is 0 Å². The maximum absolute atomic E-state index is 12.1. The summed E-state index contributed by atoms with van der Waals surface area (Å²) in [5.74, 6) is -0.548. The number of nitrogens with zero attached hydrogens (tertiary/aromatic N) is 3. The Morgan fingerprint density at radius 2 is 1.96 bits per heavy atom. The van der Waals surface area contributed by atoms with Crippen LogP contribution in [-0.2, 0) is 0 Å². The number of hydrogen-bond acceptors (Lipinski definition) is 6. The molecule has 1 amide bonds. The van der Waals surface area contributed by atoms with E-state index in [0.29, 0.717) is 17.8 Å². The number of likely N-dealkylation sites (N-methyl/N-ethyl adjacent to an activating group) is 1. The molecule has 0 atom stereocenters. The van der Waals surface area contributed by atoms with E-state index in [1.807, 2.05) is 0 Å². The first-order chi connectivity index (χ1) is 11.5. The molecule has 0 saturated carbocycles. The topological polar surface area (TPSA) is 130 Å². The van der Waals surface area contributed by atoms with Crippen molar-refractivity contribution in [1.29, 1.82) is 10.7 Å². The predicted octanol–water partition coefficient (Wildman–Crippen LogP) is 0.986. The molecule has 0 aliphatic rings. The minimum atomic E-state index is -0.408. The van der Waals surface area contributed by atoms with Gasteiger partial charge in [-0.1, -0.05) is 13.8 Å². The lowest BCUT2D eigenvalue weighted by atomic mass is 10.2. The fraction of sp³-hybridized carbons (Fsp3) is 0.375. The van der Waals surface area contributed by atoms with Crippen molar-refractivity contribution in [1.82, 2.24) is 10.2 Å². The summed E-state index contributed by atoms with van der Waals surface area (Å²) >= 11 is 0. The average molecular weight is 329 g/mol. The number of carbonyl (C=O) groups excluding carboxylic acids is 1. The molecule has 128 valence electrons. The Labute approximate surface area is 141 Å². The molecular weight excluding hydrogens is 306 g/mol. The molecule has 0 bridgehead atoms. The third-order valence-corrected chi connectivity index (χ3v) is 3.41. The van der Waals surface area contributed by atoms with Gasteiger partial charge < -0.3 is 16.0 Å². The van der Waals surface area contributed by atoms with E-state index in [0.717, 1.165) is 19.6 Å². The van der Waals surface area contributed by atoms with Crippen LogP contribution in [0.1, 0.15) is 24.2 Å². The van der Waals surface area contributed by atoms with Gasteiger partial charge in [-0.25, -0.2) is 0 Å². The smallest absolute Gasteiger partial charge is 0.251 e. The highest BCUT2D eigenvalue weighted by atomic mass is 16.1. The zero-order valence-corrected chi connectivity index (χ0v) is 14.0. The molecule has 8 nitrogen and oxygen atoms in total. The van der Waals surface area contributed by atoms with Crippen LogP contribution in [0.3, 0.4) is 0 Å². The highest BCUT2D eigenvalue weighted by Crippen LogP contribution is 2.09. The summed E-state index contributed by atoms with van der Waals surface area (Å²) in [6, 6.07) is 8.36. The van der Waals surface area contributed by atoms with Gasteiger partial charge >= 0.3 is 0 Å². The van der Waals surface area contributed by atoms with Crippen molar-refractivity contribution in [2.75, 3.05) is 31.6 Å². The van der Waals surface area contributed by atoms with Crippen molar-refractivity contribution in [2.45, 2.75) is 13.8 Å². The first-order valence-electron chi connectivity index (χ1n) is 7.70. The van der Waals surface area contributed by atoms with Gasteiger partial charge in [0.25, 0.3) is 5.91 Å². The molecule has 0 saturated heterocycles. The van der Waals surface area contributed by atoms with E-state index in [1.54, 1.807) is 30.3 Å². The van der Waals surface area contributed by atoms with E-state index in [2.05, 4.69) is 34.6 Å². The van der Waals surface area contributed by atoms with Gasteiger partial charge in [-0.05, 0) is 37.4 Å². The summed E-state index contributed by atoms with van der Waals surface area (Å²) < 4.78 is 0. The molecule has 24 heavy (non-hydrogen) atoms. The number of nitrogens with one attached hydrogen (secondary N) is 3. The van der Waals surface area contributed by atoms with Crippen molar-refractivity contribution >= 4 is 23.1 Å². The predicted molar refractivity (Wildman–Crippen MR) is 95.1 cm³/mol. The van der Waals surface area contributed by atoms with E-state index < -0.39 is 5.84 Å². The van der Waals surface area contributed by atoms with Crippen LogP contribution >= 0.6 is 0 Å². The normalized spacial score (nSPS) is 11.0. The molecule has 0 fully saturated rings. The number of amidine groups is 1. The van der Waals surface area contributed by atoms with E-state index in [4.69, 9.17) is 16.4 Å². The van der Waals surface area contributed by atoms with Gasteiger partial charge in [-0.2, -0.15) is 10.4 Å². The zero-order chi connectivity index (χ0) is 17.9. The van der Waals surface area contributed by atoms with E-state index >= 15 is 0 Å². The second-order valence-electron chi connectivity index (χ2n) is 4.96.